The van der Waals surface area contributed by atoms with Gasteiger partial charge in [0.05, 0.1) is 6.54 Å². The topological polar surface area (TPSA) is 76.5 Å². The van der Waals surface area contributed by atoms with E-state index in [-0.39, 0.29) is 12.5 Å². The van der Waals surface area contributed by atoms with Crippen molar-refractivity contribution in [1.29, 1.82) is 0 Å². The molecule has 0 aliphatic carbocycles. The molecule has 0 atom stereocenters. The Bertz CT molecular complexity index is 449. The van der Waals surface area contributed by atoms with Crippen molar-refractivity contribution in [2.24, 2.45) is 5.73 Å². The minimum Gasteiger partial charge on any atom is -0.462 e. The lowest BCUT2D eigenvalue weighted by Crippen LogP contribution is -2.37. The number of hydrogen-bond acceptors (Lipinski definition) is 3. The molecule has 0 spiro atoms. The zero-order valence-electron chi connectivity index (χ0n) is 10.7. The van der Waals surface area contributed by atoms with Gasteiger partial charge in [-0.3, -0.25) is 9.59 Å². The summed E-state index contributed by atoms with van der Waals surface area (Å²) in [5.74, 6) is 0.706. The summed E-state index contributed by atoms with van der Waals surface area (Å²) in [4.78, 5) is 23.9. The number of amides is 2. The highest BCUT2D eigenvalue weighted by Crippen LogP contribution is 2.10. The number of carbonyl (C=O) groups is 2. The van der Waals surface area contributed by atoms with Gasteiger partial charge in [-0.25, -0.2) is 0 Å². The highest BCUT2D eigenvalue weighted by atomic mass is 16.3. The standard InChI is InChI=1S/C13H18N2O3/c1-3-10-5-6-11(18-10)7-8-13(17)15(4-2)9-12(14)16/h5-8H,3-4,9H2,1-2H3,(H2,14,16)/b8-7+. The summed E-state index contributed by atoms with van der Waals surface area (Å²) in [6.45, 7) is 4.14. The number of nitrogens with zero attached hydrogens (tertiary/aromatic N) is 1. The van der Waals surface area contributed by atoms with E-state index in [1.54, 1.807) is 19.1 Å². The molecule has 0 fully saturated rings. The molecule has 2 N–H and O–H groups in total. The predicted molar refractivity (Wildman–Crippen MR) is 68.6 cm³/mol. The normalized spacial score (nSPS) is 10.8. The maximum atomic E-state index is 11.7. The number of hydrogen-bond donors (Lipinski definition) is 1. The van der Waals surface area contributed by atoms with Crippen molar-refractivity contribution in [2.45, 2.75) is 20.3 Å². The summed E-state index contributed by atoms with van der Waals surface area (Å²) < 4.78 is 5.43. The van der Waals surface area contributed by atoms with Crippen LogP contribution in [0, 0.1) is 0 Å². The third-order valence-electron chi connectivity index (χ3n) is 2.46. The molecular formula is C13H18N2O3. The van der Waals surface area contributed by atoms with Gasteiger partial charge in [0, 0.05) is 19.0 Å². The molecule has 0 bridgehead atoms. The van der Waals surface area contributed by atoms with Crippen LogP contribution in [0.1, 0.15) is 25.4 Å². The Kier molecular flexibility index (Phi) is 5.17. The zero-order valence-corrected chi connectivity index (χ0v) is 10.7. The van der Waals surface area contributed by atoms with Crippen LogP contribution < -0.4 is 5.73 Å². The molecule has 0 saturated carbocycles. The van der Waals surface area contributed by atoms with Crippen molar-refractivity contribution in [1.82, 2.24) is 4.90 Å². The maximum absolute atomic E-state index is 11.7. The number of likely N-dealkylation sites (N-methyl/N-ethyl adjacent to an activating group) is 1. The average molecular weight is 250 g/mol. The quantitative estimate of drug-likeness (QED) is 0.770. The van der Waals surface area contributed by atoms with Crippen molar-refractivity contribution in [3.05, 3.63) is 29.7 Å². The molecule has 18 heavy (non-hydrogen) atoms. The Morgan fingerprint density at radius 2 is 2.11 bits per heavy atom. The van der Waals surface area contributed by atoms with Crippen LogP contribution in [0.15, 0.2) is 22.6 Å². The van der Waals surface area contributed by atoms with Crippen LogP contribution in [0.3, 0.4) is 0 Å². The van der Waals surface area contributed by atoms with Crippen molar-refractivity contribution < 1.29 is 14.0 Å². The first-order valence-electron chi connectivity index (χ1n) is 5.90. The highest BCUT2D eigenvalue weighted by Gasteiger charge is 2.10. The fourth-order valence-electron chi connectivity index (χ4n) is 1.47. The lowest BCUT2D eigenvalue weighted by Gasteiger charge is -2.16. The number of aryl methyl sites for hydroxylation is 1. The Morgan fingerprint density at radius 3 is 2.61 bits per heavy atom. The van der Waals surface area contributed by atoms with Crippen molar-refractivity contribution in [3.8, 4) is 0 Å². The fraction of sp³-hybridized carbons (Fsp3) is 0.385. The summed E-state index contributed by atoms with van der Waals surface area (Å²) in [5.41, 5.74) is 5.06. The fourth-order valence-corrected chi connectivity index (χ4v) is 1.47. The van der Waals surface area contributed by atoms with Crippen LogP contribution in [-0.4, -0.2) is 29.8 Å². The monoisotopic (exact) mass is 250 g/mol. The molecule has 1 heterocycles. The SMILES string of the molecule is CCc1ccc(/C=C/C(=O)N(CC)CC(N)=O)o1. The molecule has 0 aromatic carbocycles. The first-order chi connectivity index (χ1) is 8.56. The van der Waals surface area contributed by atoms with Crippen molar-refractivity contribution >= 4 is 17.9 Å². The lowest BCUT2D eigenvalue weighted by molar-refractivity contribution is -0.130. The molecule has 1 aromatic heterocycles. The largest absolute Gasteiger partial charge is 0.462 e. The van der Waals surface area contributed by atoms with Crippen LogP contribution in [0.2, 0.25) is 0 Å². The van der Waals surface area contributed by atoms with Gasteiger partial charge in [-0.1, -0.05) is 6.92 Å². The second-order valence-corrected chi connectivity index (χ2v) is 3.81. The van der Waals surface area contributed by atoms with Gasteiger partial charge in [0.2, 0.25) is 11.8 Å². The molecule has 5 heteroatoms. The summed E-state index contributed by atoms with van der Waals surface area (Å²) in [7, 11) is 0. The molecule has 98 valence electrons. The molecule has 1 aromatic rings. The molecule has 0 aliphatic heterocycles. The number of nitrogens with two attached hydrogens (primary N) is 1. The summed E-state index contributed by atoms with van der Waals surface area (Å²) in [6, 6.07) is 3.66. The van der Waals surface area contributed by atoms with E-state index in [1.165, 1.54) is 11.0 Å². The summed E-state index contributed by atoms with van der Waals surface area (Å²) >= 11 is 0. The van der Waals surface area contributed by atoms with E-state index >= 15 is 0 Å². The van der Waals surface area contributed by atoms with Crippen LogP contribution in [0.4, 0.5) is 0 Å². The third kappa shape index (κ3) is 4.08. The molecule has 5 nitrogen and oxygen atoms in total. The van der Waals surface area contributed by atoms with E-state index in [4.69, 9.17) is 10.2 Å². The summed E-state index contributed by atoms with van der Waals surface area (Å²) in [5, 5.41) is 0. The van der Waals surface area contributed by atoms with Crippen molar-refractivity contribution in [3.63, 3.8) is 0 Å². The van der Waals surface area contributed by atoms with E-state index in [9.17, 15) is 9.59 Å². The van der Waals surface area contributed by atoms with Crippen LogP contribution in [0.5, 0.6) is 0 Å². The van der Waals surface area contributed by atoms with Crippen LogP contribution in [-0.2, 0) is 16.0 Å². The number of furan rings is 1. The minimum atomic E-state index is -0.523. The summed E-state index contributed by atoms with van der Waals surface area (Å²) in [6.07, 6.45) is 3.78. The second kappa shape index (κ2) is 6.64. The van der Waals surface area contributed by atoms with Gasteiger partial charge >= 0.3 is 0 Å². The first kappa shape index (κ1) is 14.0. The van der Waals surface area contributed by atoms with E-state index < -0.39 is 5.91 Å². The number of primary amides is 1. The first-order valence-corrected chi connectivity index (χ1v) is 5.90. The number of rotatable bonds is 6. The third-order valence-corrected chi connectivity index (χ3v) is 2.46. The molecule has 2 amide bonds. The molecular weight excluding hydrogens is 232 g/mol. The van der Waals surface area contributed by atoms with E-state index in [2.05, 4.69) is 0 Å². The molecule has 0 unspecified atom stereocenters. The Balaban J connectivity index is 2.64. The van der Waals surface area contributed by atoms with Crippen LogP contribution >= 0.6 is 0 Å². The van der Waals surface area contributed by atoms with Gasteiger partial charge < -0.3 is 15.1 Å². The van der Waals surface area contributed by atoms with Gasteiger partial charge in [0.15, 0.2) is 0 Å². The Morgan fingerprint density at radius 1 is 1.39 bits per heavy atom. The van der Waals surface area contributed by atoms with E-state index in [0.717, 1.165) is 12.2 Å². The average Bonchev–Trinajstić information content (AvgIpc) is 2.80. The van der Waals surface area contributed by atoms with Crippen LogP contribution in [0.25, 0.3) is 6.08 Å². The van der Waals surface area contributed by atoms with Crippen molar-refractivity contribution in [2.75, 3.05) is 13.1 Å². The molecule has 0 radical (unpaired) electrons. The zero-order chi connectivity index (χ0) is 13.5. The molecule has 0 saturated heterocycles. The highest BCUT2D eigenvalue weighted by molar-refractivity contribution is 5.93. The van der Waals surface area contributed by atoms with Gasteiger partial charge in [0.25, 0.3) is 0 Å². The van der Waals surface area contributed by atoms with E-state index in [0.29, 0.717) is 12.3 Å². The molecule has 0 aliphatic rings. The maximum Gasteiger partial charge on any atom is 0.247 e. The van der Waals surface area contributed by atoms with Gasteiger partial charge in [-0.2, -0.15) is 0 Å². The Hall–Kier alpha value is -2.04. The van der Waals surface area contributed by atoms with Gasteiger partial charge in [-0.15, -0.1) is 0 Å². The number of carbonyl (C=O) groups excluding carboxylic acids is 2. The molecule has 1 rings (SSSR count). The smallest absolute Gasteiger partial charge is 0.247 e. The predicted octanol–water partition coefficient (Wildman–Crippen LogP) is 1.19. The van der Waals surface area contributed by atoms with E-state index in [1.807, 2.05) is 13.0 Å². The Labute approximate surface area is 106 Å². The minimum absolute atomic E-state index is 0.0714. The lowest BCUT2D eigenvalue weighted by atomic mass is 10.3. The second-order valence-electron chi connectivity index (χ2n) is 3.81. The van der Waals surface area contributed by atoms with Gasteiger partial charge in [-0.05, 0) is 25.1 Å². The van der Waals surface area contributed by atoms with Gasteiger partial charge in [0.1, 0.15) is 11.5 Å².